The Morgan fingerprint density at radius 2 is 2.16 bits per heavy atom. The first-order chi connectivity index (χ1) is 8.93. The minimum Gasteiger partial charge on any atom is -0.375 e. The van der Waals surface area contributed by atoms with Crippen molar-refractivity contribution in [3.63, 3.8) is 0 Å². The molecule has 6 heteroatoms. The van der Waals surface area contributed by atoms with Gasteiger partial charge in [-0.2, -0.15) is 0 Å². The van der Waals surface area contributed by atoms with Crippen molar-refractivity contribution in [2.75, 3.05) is 19.8 Å². The summed E-state index contributed by atoms with van der Waals surface area (Å²) in [5.74, 6) is -2.64. The quantitative estimate of drug-likeness (QED) is 0.497. The third-order valence-electron chi connectivity index (χ3n) is 2.16. The van der Waals surface area contributed by atoms with Crippen LogP contribution in [0.4, 0.5) is 8.78 Å². The molecule has 1 N–H and O–H groups in total. The Labute approximate surface area is 115 Å². The molecule has 1 aromatic rings. The van der Waals surface area contributed by atoms with Gasteiger partial charge in [0, 0.05) is 6.54 Å². The van der Waals surface area contributed by atoms with Crippen molar-refractivity contribution in [3.8, 4) is 0 Å². The fraction of sp³-hybridized carbons (Fsp3) is 0.308. The highest BCUT2D eigenvalue weighted by molar-refractivity contribution is 6.31. The number of rotatable bonds is 6. The van der Waals surface area contributed by atoms with Crippen molar-refractivity contribution in [1.82, 2.24) is 5.32 Å². The van der Waals surface area contributed by atoms with E-state index >= 15 is 0 Å². The Morgan fingerprint density at radius 1 is 1.47 bits per heavy atom. The normalized spacial score (nSPS) is 10.3. The minimum absolute atomic E-state index is 0.209. The Hall–Kier alpha value is -1.46. The molecule has 104 valence electrons. The van der Waals surface area contributed by atoms with Gasteiger partial charge in [-0.1, -0.05) is 23.8 Å². The summed E-state index contributed by atoms with van der Waals surface area (Å²) in [6.07, 6.45) is 0. The van der Waals surface area contributed by atoms with E-state index in [0.29, 0.717) is 6.61 Å². The number of ether oxygens (including phenoxy) is 1. The summed E-state index contributed by atoms with van der Waals surface area (Å²) in [6.45, 7) is 6.34. The Balaban J connectivity index is 2.50. The molecule has 3 nitrogen and oxygen atoms in total. The zero-order valence-corrected chi connectivity index (χ0v) is 11.2. The summed E-state index contributed by atoms with van der Waals surface area (Å²) in [5, 5.41) is 1.76. The van der Waals surface area contributed by atoms with E-state index in [1.165, 1.54) is 0 Å². The van der Waals surface area contributed by atoms with Crippen LogP contribution in [0.15, 0.2) is 24.3 Å². The van der Waals surface area contributed by atoms with E-state index in [1.807, 2.05) is 6.92 Å². The third-order valence-corrected chi connectivity index (χ3v) is 2.51. The molecule has 0 aliphatic rings. The van der Waals surface area contributed by atoms with Crippen molar-refractivity contribution in [3.05, 3.63) is 46.5 Å². The van der Waals surface area contributed by atoms with Gasteiger partial charge in [0.25, 0.3) is 5.91 Å². The van der Waals surface area contributed by atoms with Crippen LogP contribution in [0.2, 0.25) is 5.02 Å². The summed E-state index contributed by atoms with van der Waals surface area (Å²) >= 11 is 5.38. The van der Waals surface area contributed by atoms with E-state index in [9.17, 15) is 13.6 Å². The average Bonchev–Trinajstić information content (AvgIpc) is 2.35. The highest BCUT2D eigenvalue weighted by Gasteiger charge is 2.16. The molecule has 19 heavy (non-hydrogen) atoms. The standard InChI is InChI=1S/C13H14ClF2NO2/c1-8(2)7-19-6-5-17-13(18)9-3-4-10(15)11(14)12(9)16/h3-4H,1,5-7H2,2H3,(H,17,18). The molecule has 0 atom stereocenters. The second-order valence-corrected chi connectivity index (χ2v) is 4.37. The molecule has 0 unspecified atom stereocenters. The van der Waals surface area contributed by atoms with Crippen molar-refractivity contribution in [2.24, 2.45) is 0 Å². The fourth-order valence-electron chi connectivity index (χ4n) is 1.28. The lowest BCUT2D eigenvalue weighted by Gasteiger charge is -2.08. The van der Waals surface area contributed by atoms with Crippen molar-refractivity contribution in [2.45, 2.75) is 6.92 Å². The smallest absolute Gasteiger partial charge is 0.254 e. The number of nitrogens with one attached hydrogen (secondary N) is 1. The predicted molar refractivity (Wildman–Crippen MR) is 69.3 cm³/mol. The molecule has 1 rings (SSSR count). The summed E-state index contributed by atoms with van der Waals surface area (Å²) < 4.78 is 31.6. The van der Waals surface area contributed by atoms with Crippen LogP contribution in [-0.2, 0) is 4.74 Å². The second-order valence-electron chi connectivity index (χ2n) is 3.99. The van der Waals surface area contributed by atoms with Crippen molar-refractivity contribution < 1.29 is 18.3 Å². The molecule has 0 saturated heterocycles. The zero-order chi connectivity index (χ0) is 14.4. The lowest BCUT2D eigenvalue weighted by Crippen LogP contribution is -2.28. The minimum atomic E-state index is -1.07. The first kappa shape index (κ1) is 15.6. The number of hydrogen-bond acceptors (Lipinski definition) is 2. The Bertz CT molecular complexity index is 492. The predicted octanol–water partition coefficient (Wildman–Crippen LogP) is 2.94. The Morgan fingerprint density at radius 3 is 2.79 bits per heavy atom. The molecule has 0 saturated carbocycles. The van der Waals surface area contributed by atoms with Crippen LogP contribution >= 0.6 is 11.6 Å². The van der Waals surface area contributed by atoms with Crippen LogP contribution in [0.1, 0.15) is 17.3 Å². The van der Waals surface area contributed by atoms with E-state index in [0.717, 1.165) is 17.7 Å². The van der Waals surface area contributed by atoms with Gasteiger partial charge in [-0.25, -0.2) is 8.78 Å². The van der Waals surface area contributed by atoms with Gasteiger partial charge in [-0.15, -0.1) is 0 Å². The summed E-state index contributed by atoms with van der Waals surface area (Å²) in [5.41, 5.74) is 0.564. The van der Waals surface area contributed by atoms with E-state index in [2.05, 4.69) is 11.9 Å². The molecule has 1 aromatic carbocycles. The van der Waals surface area contributed by atoms with Crippen molar-refractivity contribution >= 4 is 17.5 Å². The molecular weight excluding hydrogens is 276 g/mol. The molecule has 0 aliphatic heterocycles. The molecule has 0 aromatic heterocycles. The number of carbonyl (C=O) groups excluding carboxylic acids is 1. The maximum Gasteiger partial charge on any atom is 0.254 e. The zero-order valence-electron chi connectivity index (χ0n) is 10.4. The maximum absolute atomic E-state index is 13.5. The van der Waals surface area contributed by atoms with E-state index < -0.39 is 22.6 Å². The SMILES string of the molecule is C=C(C)COCCNC(=O)c1ccc(F)c(Cl)c1F. The van der Waals surface area contributed by atoms with Gasteiger partial charge >= 0.3 is 0 Å². The van der Waals surface area contributed by atoms with E-state index in [1.54, 1.807) is 0 Å². The van der Waals surface area contributed by atoms with Crippen LogP contribution in [0.3, 0.4) is 0 Å². The van der Waals surface area contributed by atoms with Gasteiger partial charge in [0.15, 0.2) is 5.82 Å². The molecule has 0 heterocycles. The number of halogens is 3. The first-order valence-electron chi connectivity index (χ1n) is 5.57. The number of benzene rings is 1. The van der Waals surface area contributed by atoms with E-state index in [-0.39, 0.29) is 18.7 Å². The molecule has 0 bridgehead atoms. The fourth-order valence-corrected chi connectivity index (χ4v) is 1.44. The van der Waals surface area contributed by atoms with Gasteiger partial charge in [0.2, 0.25) is 0 Å². The highest BCUT2D eigenvalue weighted by Crippen LogP contribution is 2.21. The molecule has 0 aliphatic carbocycles. The van der Waals surface area contributed by atoms with E-state index in [4.69, 9.17) is 16.3 Å². The first-order valence-corrected chi connectivity index (χ1v) is 5.95. The lowest BCUT2D eigenvalue weighted by molar-refractivity contribution is 0.0922. The second kappa shape index (κ2) is 7.21. The third kappa shape index (κ3) is 4.61. The van der Waals surface area contributed by atoms with Crippen LogP contribution < -0.4 is 5.32 Å². The molecule has 0 radical (unpaired) electrons. The largest absolute Gasteiger partial charge is 0.375 e. The monoisotopic (exact) mass is 289 g/mol. The van der Waals surface area contributed by atoms with Gasteiger partial charge in [-0.05, 0) is 19.1 Å². The van der Waals surface area contributed by atoms with Gasteiger partial charge in [0.1, 0.15) is 10.8 Å². The Kier molecular flexibility index (Phi) is 5.92. The van der Waals surface area contributed by atoms with Gasteiger partial charge in [0.05, 0.1) is 18.8 Å². The maximum atomic E-state index is 13.5. The van der Waals surface area contributed by atoms with Gasteiger partial charge < -0.3 is 10.1 Å². The highest BCUT2D eigenvalue weighted by atomic mass is 35.5. The average molecular weight is 290 g/mol. The summed E-state index contributed by atoms with van der Waals surface area (Å²) in [7, 11) is 0. The summed E-state index contributed by atoms with van der Waals surface area (Å²) in [6, 6.07) is 1.98. The van der Waals surface area contributed by atoms with Crippen LogP contribution in [0.25, 0.3) is 0 Å². The van der Waals surface area contributed by atoms with Gasteiger partial charge in [-0.3, -0.25) is 4.79 Å². The summed E-state index contributed by atoms with van der Waals surface area (Å²) in [4.78, 5) is 11.6. The van der Waals surface area contributed by atoms with Crippen LogP contribution in [0.5, 0.6) is 0 Å². The van der Waals surface area contributed by atoms with Crippen LogP contribution in [-0.4, -0.2) is 25.7 Å². The topological polar surface area (TPSA) is 38.3 Å². The van der Waals surface area contributed by atoms with Crippen molar-refractivity contribution in [1.29, 1.82) is 0 Å². The molecule has 0 fully saturated rings. The molecule has 1 amide bonds. The van der Waals surface area contributed by atoms with Crippen LogP contribution in [0, 0.1) is 11.6 Å². The molecular formula is C13H14ClF2NO2. The lowest BCUT2D eigenvalue weighted by atomic mass is 10.2. The molecule has 0 spiro atoms. The number of carbonyl (C=O) groups is 1. The number of hydrogen-bond donors (Lipinski definition) is 1. The number of amides is 1.